The maximum atomic E-state index is 12.7. The third-order valence-electron chi connectivity index (χ3n) is 11.9. The van der Waals surface area contributed by atoms with Crippen LogP contribution in [0.25, 0.3) is 0 Å². The van der Waals surface area contributed by atoms with Crippen LogP contribution in [-0.4, -0.2) is 45.3 Å². The maximum absolute atomic E-state index is 12.7. The van der Waals surface area contributed by atoms with Crippen LogP contribution < -0.4 is 0 Å². The van der Waals surface area contributed by atoms with Crippen molar-refractivity contribution in [1.29, 1.82) is 0 Å². The van der Waals surface area contributed by atoms with Gasteiger partial charge in [0.2, 0.25) is 0 Å². The minimum atomic E-state index is -0.919. The lowest BCUT2D eigenvalue weighted by molar-refractivity contribution is -0.222. The van der Waals surface area contributed by atoms with Gasteiger partial charge in [-0.25, -0.2) is 0 Å². The van der Waals surface area contributed by atoms with E-state index in [1.807, 2.05) is 0 Å². The van der Waals surface area contributed by atoms with E-state index in [1.165, 1.54) is 5.57 Å². The maximum Gasteiger partial charge on any atom is 0.165 e. The van der Waals surface area contributed by atoms with Gasteiger partial charge in [0.05, 0.1) is 28.8 Å². The van der Waals surface area contributed by atoms with Crippen molar-refractivity contribution in [2.24, 2.45) is 40.4 Å². The summed E-state index contributed by atoms with van der Waals surface area (Å²) < 4.78 is 13.4. The van der Waals surface area contributed by atoms with Crippen LogP contribution in [0.5, 0.6) is 0 Å². The molecule has 5 heteroatoms. The van der Waals surface area contributed by atoms with E-state index in [2.05, 4.69) is 34.3 Å². The van der Waals surface area contributed by atoms with Crippen molar-refractivity contribution in [2.45, 2.75) is 121 Å². The van der Waals surface area contributed by atoms with Crippen molar-refractivity contribution >= 4 is 11.6 Å². The Morgan fingerprint density at radius 3 is 2.61 bits per heavy atom. The predicted octanol–water partition coefficient (Wildman–Crippen LogP) is 5.43. The molecule has 33 heavy (non-hydrogen) atoms. The highest BCUT2D eigenvalue weighted by atomic mass is 35.5. The molecular weight excluding hydrogens is 436 g/mol. The Morgan fingerprint density at radius 1 is 1.12 bits per heavy atom. The van der Waals surface area contributed by atoms with Crippen LogP contribution in [0.3, 0.4) is 0 Å². The molecule has 0 aromatic rings. The fourth-order valence-corrected chi connectivity index (χ4v) is 10.5. The van der Waals surface area contributed by atoms with Crippen molar-refractivity contribution in [3.63, 3.8) is 0 Å². The van der Waals surface area contributed by atoms with Crippen molar-refractivity contribution in [3.05, 3.63) is 12.2 Å². The first-order valence-corrected chi connectivity index (χ1v) is 14.0. The third kappa shape index (κ3) is 2.79. The van der Waals surface area contributed by atoms with E-state index in [1.54, 1.807) is 0 Å². The van der Waals surface area contributed by atoms with Crippen molar-refractivity contribution in [1.82, 2.24) is 0 Å². The average Bonchev–Trinajstić information content (AvgIpc) is 3.28. The van der Waals surface area contributed by atoms with Gasteiger partial charge < -0.3 is 19.7 Å². The number of hydrogen-bond acceptors (Lipinski definition) is 4. The van der Waals surface area contributed by atoms with Gasteiger partial charge in [0.25, 0.3) is 0 Å². The highest BCUT2D eigenvalue weighted by Gasteiger charge is 2.82. The van der Waals surface area contributed by atoms with Crippen LogP contribution >= 0.6 is 11.6 Å². The minimum absolute atomic E-state index is 0.0403. The van der Waals surface area contributed by atoms with Crippen LogP contribution in [0.15, 0.2) is 12.2 Å². The Hall–Kier alpha value is -0.130. The van der Waals surface area contributed by atoms with Gasteiger partial charge in [-0.05, 0) is 87.9 Å². The molecule has 4 nitrogen and oxygen atoms in total. The standard InChI is InChI=1S/C28H43ClO4/c1-15(2)16(3)6-10-26(5)21-14-19-23-27(21,24(32-19)33-26)11-8-20-25(4)9-7-18(30)12-17(25)13-22(29)28(20,23)31/h15,17-24,30-31H,3,6-14H2,1-2,4-5H3/t17-,18+,19-,20-,21-,22-,23-,24?,25+,26+,27+,28-/m1/s1. The van der Waals surface area contributed by atoms with Gasteiger partial charge >= 0.3 is 0 Å². The van der Waals surface area contributed by atoms with Crippen molar-refractivity contribution in [3.8, 4) is 0 Å². The molecule has 0 aromatic carbocycles. The fourth-order valence-electron chi connectivity index (χ4n) is 10.0. The first kappa shape index (κ1) is 23.3. The van der Waals surface area contributed by atoms with E-state index in [-0.39, 0.29) is 52.1 Å². The second-order valence-electron chi connectivity index (χ2n) is 13.4. The topological polar surface area (TPSA) is 58.9 Å². The summed E-state index contributed by atoms with van der Waals surface area (Å²) in [5.74, 6) is 1.52. The van der Waals surface area contributed by atoms with Crippen LogP contribution in [0.4, 0.5) is 0 Å². The van der Waals surface area contributed by atoms with Crippen LogP contribution in [0.2, 0.25) is 0 Å². The Balaban J connectivity index is 1.34. The van der Waals surface area contributed by atoms with Gasteiger partial charge in [0.1, 0.15) is 0 Å². The Kier molecular flexibility index (Phi) is 5.09. The first-order chi connectivity index (χ1) is 15.5. The van der Waals surface area contributed by atoms with E-state index in [0.717, 1.165) is 57.8 Å². The van der Waals surface area contributed by atoms with Gasteiger partial charge in [-0.3, -0.25) is 0 Å². The number of halogens is 1. The Morgan fingerprint density at radius 2 is 1.88 bits per heavy atom. The molecule has 0 aromatic heterocycles. The van der Waals surface area contributed by atoms with E-state index < -0.39 is 5.60 Å². The number of allylic oxidation sites excluding steroid dienone is 1. The summed E-state index contributed by atoms with van der Waals surface area (Å²) in [6, 6.07) is 0. The highest BCUT2D eigenvalue weighted by molar-refractivity contribution is 6.21. The van der Waals surface area contributed by atoms with E-state index >= 15 is 0 Å². The minimum Gasteiger partial charge on any atom is -0.393 e. The number of alkyl halides is 1. The molecule has 6 rings (SSSR count). The number of rotatable bonds is 4. The average molecular weight is 479 g/mol. The summed E-state index contributed by atoms with van der Waals surface area (Å²) in [6.45, 7) is 13.4. The molecular formula is C28H43ClO4. The van der Waals surface area contributed by atoms with Gasteiger partial charge in [0, 0.05) is 17.3 Å². The lowest BCUT2D eigenvalue weighted by Gasteiger charge is -2.65. The van der Waals surface area contributed by atoms with Gasteiger partial charge in [0.15, 0.2) is 6.29 Å². The second-order valence-corrected chi connectivity index (χ2v) is 14.0. The lowest BCUT2D eigenvalue weighted by Crippen LogP contribution is -2.69. The molecule has 2 heterocycles. The van der Waals surface area contributed by atoms with E-state index in [4.69, 9.17) is 21.1 Å². The summed E-state index contributed by atoms with van der Waals surface area (Å²) in [5, 5.41) is 22.7. The summed E-state index contributed by atoms with van der Waals surface area (Å²) in [6.07, 6.45) is 8.04. The first-order valence-electron chi connectivity index (χ1n) is 13.5. The highest BCUT2D eigenvalue weighted by Crippen LogP contribution is 2.77. The number of aliphatic hydroxyl groups is 2. The van der Waals surface area contributed by atoms with Gasteiger partial charge in [-0.2, -0.15) is 0 Å². The number of fused-ring (bicyclic) bond motifs is 3. The molecule has 2 aliphatic heterocycles. The van der Waals surface area contributed by atoms with Crippen LogP contribution in [0, 0.1) is 40.4 Å². The monoisotopic (exact) mass is 478 g/mol. The third-order valence-corrected chi connectivity index (χ3v) is 12.4. The number of hydrogen-bond donors (Lipinski definition) is 2. The molecule has 0 radical (unpaired) electrons. The van der Waals surface area contributed by atoms with Crippen LogP contribution in [0.1, 0.15) is 85.5 Å². The largest absolute Gasteiger partial charge is 0.393 e. The molecule has 4 aliphatic carbocycles. The van der Waals surface area contributed by atoms with Crippen molar-refractivity contribution < 1.29 is 19.7 Å². The van der Waals surface area contributed by atoms with Gasteiger partial charge in [-0.15, -0.1) is 11.6 Å². The molecule has 4 saturated carbocycles. The zero-order valence-corrected chi connectivity index (χ0v) is 21.6. The second kappa shape index (κ2) is 7.22. The van der Waals surface area contributed by atoms with E-state index in [9.17, 15) is 10.2 Å². The molecule has 12 atom stereocenters. The number of aliphatic hydroxyl groups excluding tert-OH is 1. The fraction of sp³-hybridized carbons (Fsp3) is 0.929. The lowest BCUT2D eigenvalue weighted by atomic mass is 9.42. The molecule has 6 aliphatic rings. The molecule has 2 saturated heterocycles. The number of ether oxygens (including phenoxy) is 2. The van der Waals surface area contributed by atoms with Gasteiger partial charge in [-0.1, -0.05) is 32.9 Å². The Bertz CT molecular complexity index is 846. The zero-order chi connectivity index (χ0) is 23.6. The normalized spacial score (nSPS) is 58.8. The summed E-state index contributed by atoms with van der Waals surface area (Å²) in [7, 11) is 0. The summed E-state index contributed by atoms with van der Waals surface area (Å²) in [4.78, 5) is 0. The molecule has 2 bridgehead atoms. The molecule has 6 fully saturated rings. The molecule has 1 spiro atoms. The molecule has 0 amide bonds. The summed E-state index contributed by atoms with van der Waals surface area (Å²) >= 11 is 7.17. The van der Waals surface area contributed by atoms with E-state index in [0.29, 0.717) is 17.8 Å². The SMILES string of the molecule is C=C(CC[C@]1(C)OC2O[C@@H]3C[C@H]1[C@]21CC[C@@H]2[C@@]4(C)CC[C@H](O)C[C@@H]4C[C@@H](Cl)[C@@]2(O)[C@H]31)C(C)C. The predicted molar refractivity (Wildman–Crippen MR) is 129 cm³/mol. The smallest absolute Gasteiger partial charge is 0.165 e. The molecule has 2 N–H and O–H groups in total. The Labute approximate surface area is 204 Å². The molecule has 1 unspecified atom stereocenters. The molecule has 186 valence electrons. The summed E-state index contributed by atoms with van der Waals surface area (Å²) in [5.41, 5.74) is 0.0674. The zero-order valence-electron chi connectivity index (χ0n) is 20.9. The van der Waals surface area contributed by atoms with Crippen molar-refractivity contribution in [2.75, 3.05) is 0 Å². The van der Waals surface area contributed by atoms with Crippen LogP contribution in [-0.2, 0) is 9.47 Å². The quantitative estimate of drug-likeness (QED) is 0.417.